The molecule has 5 aliphatic rings. The Morgan fingerprint density at radius 2 is 2.21 bits per heavy atom. The topological polar surface area (TPSA) is 83.8 Å². The van der Waals surface area contributed by atoms with Crippen molar-refractivity contribution in [1.82, 2.24) is 0 Å². The molecule has 1 aliphatic heterocycles. The third kappa shape index (κ3) is 1.25. The van der Waals surface area contributed by atoms with Crippen LogP contribution in [0.3, 0.4) is 0 Å². The van der Waals surface area contributed by atoms with Crippen molar-refractivity contribution in [3.05, 3.63) is 24.3 Å². The molecule has 4 fully saturated rings. The van der Waals surface area contributed by atoms with E-state index in [0.29, 0.717) is 32.1 Å². The summed E-state index contributed by atoms with van der Waals surface area (Å²) in [4.78, 5) is 25.0. The van der Waals surface area contributed by atoms with Crippen molar-refractivity contribution in [3.63, 3.8) is 0 Å². The van der Waals surface area contributed by atoms with Gasteiger partial charge in [-0.25, -0.2) is 0 Å². The first-order valence-corrected chi connectivity index (χ1v) is 8.74. The SMILES string of the molecule is C=C1C[C@@]23C[C@@]1(O)CC[C@@H]2[C@]12CC=CC(C)(C(=O)O1)[C@@H]2[C@H]3C(=O)O. The monoisotopic (exact) mass is 330 g/mol. The summed E-state index contributed by atoms with van der Waals surface area (Å²) in [5.41, 5.74) is -2.35. The van der Waals surface area contributed by atoms with Gasteiger partial charge in [0, 0.05) is 18.3 Å². The Balaban J connectivity index is 1.77. The Labute approximate surface area is 140 Å². The first kappa shape index (κ1) is 14.7. The first-order valence-electron chi connectivity index (χ1n) is 8.74. The Bertz CT molecular complexity index is 740. The number of carboxylic acids is 1. The lowest BCUT2D eigenvalue weighted by Crippen LogP contribution is -2.47. The maximum absolute atomic E-state index is 12.6. The van der Waals surface area contributed by atoms with E-state index in [9.17, 15) is 19.8 Å². The lowest BCUT2D eigenvalue weighted by atomic mass is 9.62. The summed E-state index contributed by atoms with van der Waals surface area (Å²) in [6.45, 7) is 5.88. The van der Waals surface area contributed by atoms with Crippen molar-refractivity contribution in [1.29, 1.82) is 0 Å². The lowest BCUT2D eigenvalue weighted by Gasteiger charge is -2.45. The van der Waals surface area contributed by atoms with Crippen LogP contribution in [0.4, 0.5) is 0 Å². The fraction of sp³-hybridized carbons (Fsp3) is 0.684. The van der Waals surface area contributed by atoms with Crippen LogP contribution in [-0.4, -0.2) is 33.4 Å². The highest BCUT2D eigenvalue weighted by Gasteiger charge is 2.82. The molecule has 0 aromatic rings. The largest absolute Gasteiger partial charge is 0.481 e. The molecule has 0 aromatic heterocycles. The van der Waals surface area contributed by atoms with E-state index < -0.39 is 33.9 Å². The second-order valence-corrected chi connectivity index (χ2v) is 8.84. The molecule has 1 saturated heterocycles. The molecular weight excluding hydrogens is 308 g/mol. The van der Waals surface area contributed by atoms with E-state index in [4.69, 9.17) is 4.74 Å². The number of rotatable bonds is 1. The molecule has 1 unspecified atom stereocenters. The van der Waals surface area contributed by atoms with Gasteiger partial charge >= 0.3 is 11.9 Å². The van der Waals surface area contributed by atoms with Gasteiger partial charge < -0.3 is 14.9 Å². The molecule has 4 bridgehead atoms. The summed E-state index contributed by atoms with van der Waals surface area (Å²) < 4.78 is 5.99. The maximum Gasteiger partial charge on any atom is 0.316 e. The summed E-state index contributed by atoms with van der Waals surface area (Å²) in [6.07, 6.45) is 6.66. The van der Waals surface area contributed by atoms with E-state index in [2.05, 4.69) is 6.58 Å². The fourth-order valence-corrected chi connectivity index (χ4v) is 7.23. The minimum Gasteiger partial charge on any atom is -0.481 e. The number of carbonyl (C=O) groups excluding carboxylic acids is 1. The van der Waals surface area contributed by atoms with Crippen LogP contribution in [-0.2, 0) is 14.3 Å². The van der Waals surface area contributed by atoms with Gasteiger partial charge in [0.25, 0.3) is 0 Å². The standard InChI is InChI=1S/C19H22O5/c1-10-8-17-9-18(10,23)7-4-11(17)19-6-3-5-16(2,15(22)24-19)13(19)12(17)14(20)21/h3,5,11-13,23H,1,4,6-9H2,2H3,(H,20,21)/t11-,12-,13-,16?,17+,18-,19-/m0/s1. The third-order valence-corrected chi connectivity index (χ3v) is 7.97. The fourth-order valence-electron chi connectivity index (χ4n) is 7.23. The average molecular weight is 330 g/mol. The van der Waals surface area contributed by atoms with Crippen LogP contribution in [0.15, 0.2) is 24.3 Å². The molecule has 0 radical (unpaired) electrons. The van der Waals surface area contributed by atoms with Gasteiger partial charge in [-0.3, -0.25) is 9.59 Å². The van der Waals surface area contributed by atoms with Crippen molar-refractivity contribution in [2.24, 2.45) is 28.6 Å². The molecule has 0 aromatic carbocycles. The van der Waals surface area contributed by atoms with E-state index in [-0.39, 0.29) is 17.8 Å². The van der Waals surface area contributed by atoms with Crippen LogP contribution < -0.4 is 0 Å². The highest BCUT2D eigenvalue weighted by molar-refractivity contribution is 5.86. The molecule has 4 aliphatic carbocycles. The Hall–Kier alpha value is -1.62. The molecule has 1 spiro atoms. The number of hydrogen-bond donors (Lipinski definition) is 2. The summed E-state index contributed by atoms with van der Waals surface area (Å²) in [5, 5.41) is 21.1. The zero-order valence-electron chi connectivity index (χ0n) is 13.7. The van der Waals surface area contributed by atoms with Crippen LogP contribution >= 0.6 is 0 Å². The van der Waals surface area contributed by atoms with E-state index in [1.807, 2.05) is 19.1 Å². The Morgan fingerprint density at radius 1 is 1.46 bits per heavy atom. The van der Waals surface area contributed by atoms with Crippen LogP contribution in [0.5, 0.6) is 0 Å². The zero-order valence-corrected chi connectivity index (χ0v) is 13.7. The first-order chi connectivity index (χ1) is 11.2. The van der Waals surface area contributed by atoms with E-state index >= 15 is 0 Å². The number of fused-ring (bicyclic) bond motifs is 1. The molecule has 0 amide bonds. The molecule has 3 saturated carbocycles. The van der Waals surface area contributed by atoms with Crippen molar-refractivity contribution in [3.8, 4) is 0 Å². The molecule has 2 N–H and O–H groups in total. The number of aliphatic hydroxyl groups is 1. The molecule has 1 heterocycles. The van der Waals surface area contributed by atoms with Crippen LogP contribution in [0, 0.1) is 28.6 Å². The highest BCUT2D eigenvalue weighted by Crippen LogP contribution is 2.77. The maximum atomic E-state index is 12.6. The van der Waals surface area contributed by atoms with Gasteiger partial charge in [-0.15, -0.1) is 0 Å². The van der Waals surface area contributed by atoms with Gasteiger partial charge in [-0.05, 0) is 43.6 Å². The van der Waals surface area contributed by atoms with Crippen molar-refractivity contribution in [2.45, 2.75) is 50.2 Å². The minimum atomic E-state index is -0.952. The predicted octanol–water partition coefficient (Wildman–Crippen LogP) is 2.06. The number of aliphatic carboxylic acids is 1. The third-order valence-electron chi connectivity index (χ3n) is 7.97. The van der Waals surface area contributed by atoms with E-state index in [1.54, 1.807) is 0 Å². The smallest absolute Gasteiger partial charge is 0.316 e. The summed E-state index contributed by atoms with van der Waals surface area (Å²) >= 11 is 0. The molecule has 128 valence electrons. The van der Waals surface area contributed by atoms with Gasteiger partial charge in [0.15, 0.2) is 0 Å². The number of esters is 1. The van der Waals surface area contributed by atoms with Crippen molar-refractivity contribution < 1.29 is 24.5 Å². The summed E-state index contributed by atoms with van der Waals surface area (Å²) in [7, 11) is 0. The second kappa shape index (κ2) is 3.79. The molecule has 24 heavy (non-hydrogen) atoms. The quantitative estimate of drug-likeness (QED) is 0.568. The van der Waals surface area contributed by atoms with Crippen LogP contribution in [0.2, 0.25) is 0 Å². The van der Waals surface area contributed by atoms with Gasteiger partial charge in [0.05, 0.1) is 16.9 Å². The van der Waals surface area contributed by atoms with E-state index in [0.717, 1.165) is 5.57 Å². The number of carboxylic acid groups (broad SMARTS) is 1. The zero-order chi connectivity index (χ0) is 17.1. The Morgan fingerprint density at radius 3 is 2.92 bits per heavy atom. The highest BCUT2D eigenvalue weighted by atomic mass is 16.6. The summed E-state index contributed by atoms with van der Waals surface area (Å²) in [5.74, 6) is -2.23. The predicted molar refractivity (Wildman–Crippen MR) is 83.8 cm³/mol. The normalized spacial score (nSPS) is 56.8. The average Bonchev–Trinajstić information content (AvgIpc) is 2.88. The van der Waals surface area contributed by atoms with Crippen molar-refractivity contribution in [2.75, 3.05) is 0 Å². The molecule has 5 heteroatoms. The molecule has 7 atom stereocenters. The van der Waals surface area contributed by atoms with Gasteiger partial charge in [-0.2, -0.15) is 0 Å². The molecule has 5 rings (SSSR count). The minimum absolute atomic E-state index is 0.0219. The second-order valence-electron chi connectivity index (χ2n) is 8.84. The molecule has 5 nitrogen and oxygen atoms in total. The lowest BCUT2D eigenvalue weighted by molar-refractivity contribution is -0.162. The number of ether oxygens (including phenoxy) is 1. The van der Waals surface area contributed by atoms with Crippen LogP contribution in [0.1, 0.15) is 39.0 Å². The van der Waals surface area contributed by atoms with Crippen molar-refractivity contribution >= 4 is 11.9 Å². The van der Waals surface area contributed by atoms with Gasteiger partial charge in [-0.1, -0.05) is 18.7 Å². The van der Waals surface area contributed by atoms with Crippen LogP contribution in [0.25, 0.3) is 0 Å². The molecular formula is C19H22O5. The summed E-state index contributed by atoms with van der Waals surface area (Å²) in [6, 6.07) is 0. The van der Waals surface area contributed by atoms with Gasteiger partial charge in [0.1, 0.15) is 5.60 Å². The number of hydrogen-bond acceptors (Lipinski definition) is 4. The van der Waals surface area contributed by atoms with E-state index in [1.165, 1.54) is 0 Å². The Kier molecular flexibility index (Phi) is 2.32. The number of carbonyl (C=O) groups is 2. The van der Waals surface area contributed by atoms with Gasteiger partial charge in [0.2, 0.25) is 0 Å².